The van der Waals surface area contributed by atoms with Crippen LogP contribution in [-0.2, 0) is 27.2 Å². The van der Waals surface area contributed by atoms with Gasteiger partial charge in [-0.25, -0.2) is 4.79 Å². The van der Waals surface area contributed by atoms with E-state index >= 15 is 0 Å². The van der Waals surface area contributed by atoms with E-state index in [0.29, 0.717) is 12.0 Å². The lowest BCUT2D eigenvalue weighted by atomic mass is 10.0. The largest absolute Gasteiger partial charge is 0.394 e. The second kappa shape index (κ2) is 12.7. The van der Waals surface area contributed by atoms with E-state index in [0.717, 1.165) is 11.1 Å². The third-order valence-corrected chi connectivity index (χ3v) is 6.75. The highest BCUT2D eigenvalue weighted by Gasteiger charge is 2.38. The smallest absolute Gasteiger partial charge is 0.330 e. The molecule has 4 rings (SSSR count). The molecule has 2 aromatic carbocycles. The fourth-order valence-corrected chi connectivity index (χ4v) is 4.60. The lowest BCUT2D eigenvalue weighted by molar-refractivity contribution is -0.130. The van der Waals surface area contributed by atoms with E-state index in [1.807, 2.05) is 60.7 Å². The third kappa shape index (κ3) is 7.08. The molecule has 0 saturated carbocycles. The quantitative estimate of drug-likeness (QED) is 0.242. The van der Waals surface area contributed by atoms with Crippen molar-refractivity contribution in [3.8, 4) is 0 Å². The monoisotopic (exact) mass is 535 g/mol. The van der Waals surface area contributed by atoms with Gasteiger partial charge < -0.3 is 26.2 Å². The molecule has 0 bridgehead atoms. The predicted octanol–water partition coefficient (Wildman–Crippen LogP) is -0.0929. The Morgan fingerprint density at radius 1 is 1.05 bits per heavy atom. The third-order valence-electron chi connectivity index (χ3n) is 6.75. The number of H-pyrrole nitrogens is 1. The molecule has 2 amide bonds. The first-order chi connectivity index (χ1) is 18.7. The number of aryl methyl sites for hydroxylation is 1. The Hall–Kier alpha value is -4.06. The summed E-state index contributed by atoms with van der Waals surface area (Å²) in [7, 11) is 0. The number of hydrogen-bond donors (Lipinski definition) is 5. The number of carbonyl (C=O) groups is 2. The van der Waals surface area contributed by atoms with Crippen molar-refractivity contribution < 1.29 is 19.4 Å². The van der Waals surface area contributed by atoms with Crippen LogP contribution in [-0.4, -0.2) is 57.3 Å². The van der Waals surface area contributed by atoms with Crippen LogP contribution in [0, 0.1) is 6.92 Å². The summed E-state index contributed by atoms with van der Waals surface area (Å²) in [5.74, 6) is -0.943. The van der Waals surface area contributed by atoms with Crippen molar-refractivity contribution in [1.29, 1.82) is 0 Å². The zero-order valence-corrected chi connectivity index (χ0v) is 21.6. The number of nitrogens with zero attached hydrogens (tertiary/aromatic N) is 1. The maximum Gasteiger partial charge on any atom is 0.330 e. The highest BCUT2D eigenvalue weighted by Crippen LogP contribution is 2.27. The van der Waals surface area contributed by atoms with E-state index in [1.165, 1.54) is 10.8 Å². The lowest BCUT2D eigenvalue weighted by Crippen LogP contribution is -2.55. The molecular formula is C28H33N5O6. The molecule has 11 heteroatoms. The van der Waals surface area contributed by atoms with Gasteiger partial charge in [0.05, 0.1) is 18.7 Å². The molecule has 6 N–H and O–H groups in total. The zero-order chi connectivity index (χ0) is 27.9. The number of ether oxygens (including phenoxy) is 1. The minimum Gasteiger partial charge on any atom is -0.394 e. The molecule has 1 aliphatic rings. The summed E-state index contributed by atoms with van der Waals surface area (Å²) < 4.78 is 7.07. The van der Waals surface area contributed by atoms with Crippen molar-refractivity contribution in [2.45, 2.75) is 56.6 Å². The molecule has 3 aromatic rings. The number of aromatic nitrogens is 2. The topological polar surface area (TPSA) is 169 Å². The lowest BCUT2D eigenvalue weighted by Gasteiger charge is -2.24. The first kappa shape index (κ1) is 28.0. The standard InChI is InChI=1S/C28H33N5O6/c1-17-15-33(28(38)32-25(17)35)24-14-21(23(16-34)39-24)30-27(37)22(13-19-10-6-3-7-11-19)31-26(36)20(29)12-18-8-4-2-5-9-18/h2-11,15,20-24,34H,12-14,16,29H2,1H3,(H,30,37)(H,31,36)(H,32,35,38)/t20-,21+,22-,23+,24+/m0/s1. The van der Waals surface area contributed by atoms with E-state index in [1.54, 1.807) is 6.92 Å². The van der Waals surface area contributed by atoms with Gasteiger partial charge in [0.2, 0.25) is 11.8 Å². The van der Waals surface area contributed by atoms with Crippen LogP contribution in [0.4, 0.5) is 0 Å². The summed E-state index contributed by atoms with van der Waals surface area (Å²) in [4.78, 5) is 52.8. The van der Waals surface area contributed by atoms with Crippen LogP contribution >= 0.6 is 0 Å². The summed E-state index contributed by atoms with van der Waals surface area (Å²) in [5, 5.41) is 15.6. The fraction of sp³-hybridized carbons (Fsp3) is 0.357. The maximum atomic E-state index is 13.5. The number of nitrogens with one attached hydrogen (secondary N) is 3. The molecular weight excluding hydrogens is 502 g/mol. The van der Waals surface area contributed by atoms with E-state index < -0.39 is 60.1 Å². The highest BCUT2D eigenvalue weighted by molar-refractivity contribution is 5.90. The summed E-state index contributed by atoms with van der Waals surface area (Å²) >= 11 is 0. The molecule has 206 valence electrons. The second-order valence-corrected chi connectivity index (χ2v) is 9.69. The Morgan fingerprint density at radius 3 is 2.28 bits per heavy atom. The van der Waals surface area contributed by atoms with Crippen LogP contribution in [0.2, 0.25) is 0 Å². The van der Waals surface area contributed by atoms with E-state index in [2.05, 4.69) is 15.6 Å². The Kier molecular flexibility index (Phi) is 9.07. The number of amides is 2. The summed E-state index contributed by atoms with van der Waals surface area (Å²) in [6.45, 7) is 1.15. The first-order valence-corrected chi connectivity index (χ1v) is 12.8. The Morgan fingerprint density at radius 2 is 1.67 bits per heavy atom. The number of benzene rings is 2. The normalized spacial score (nSPS) is 20.2. The van der Waals surface area contributed by atoms with Crippen LogP contribution < -0.4 is 27.6 Å². The van der Waals surface area contributed by atoms with Gasteiger partial charge in [-0.05, 0) is 24.5 Å². The van der Waals surface area contributed by atoms with Gasteiger partial charge in [0, 0.05) is 24.6 Å². The summed E-state index contributed by atoms with van der Waals surface area (Å²) in [6, 6.07) is 16.1. The molecule has 11 nitrogen and oxygen atoms in total. The molecule has 0 spiro atoms. The Balaban J connectivity index is 1.48. The summed E-state index contributed by atoms with van der Waals surface area (Å²) in [5.41, 5.74) is 7.07. The molecule has 1 saturated heterocycles. The zero-order valence-electron chi connectivity index (χ0n) is 21.6. The average Bonchev–Trinajstić information content (AvgIpc) is 3.33. The van der Waals surface area contributed by atoms with Gasteiger partial charge in [-0.1, -0.05) is 60.7 Å². The minimum absolute atomic E-state index is 0.169. The maximum absolute atomic E-state index is 13.5. The van der Waals surface area contributed by atoms with Gasteiger partial charge in [-0.2, -0.15) is 0 Å². The van der Waals surface area contributed by atoms with Crippen molar-refractivity contribution in [2.75, 3.05) is 6.61 Å². The number of aliphatic hydroxyl groups excluding tert-OH is 1. The van der Waals surface area contributed by atoms with Gasteiger partial charge >= 0.3 is 5.69 Å². The number of nitrogens with two attached hydrogens (primary N) is 1. The first-order valence-electron chi connectivity index (χ1n) is 12.8. The van der Waals surface area contributed by atoms with Crippen molar-refractivity contribution in [3.05, 3.63) is 104 Å². The molecule has 1 aliphatic heterocycles. The fourth-order valence-electron chi connectivity index (χ4n) is 4.60. The van der Waals surface area contributed by atoms with Gasteiger partial charge in [-0.3, -0.25) is 23.9 Å². The van der Waals surface area contributed by atoms with Crippen LogP contribution in [0.25, 0.3) is 0 Å². The SMILES string of the molecule is Cc1cn([C@H]2C[C@@H](NC(=O)[C@H](Cc3ccccc3)NC(=O)[C@@H](N)Cc3ccccc3)[C@@H](CO)O2)c(=O)[nH]c1=O. The molecule has 2 heterocycles. The van der Waals surface area contributed by atoms with E-state index in [9.17, 15) is 24.3 Å². The highest BCUT2D eigenvalue weighted by atomic mass is 16.5. The van der Waals surface area contributed by atoms with Crippen LogP contribution in [0.3, 0.4) is 0 Å². The number of aliphatic hydroxyl groups is 1. The van der Waals surface area contributed by atoms with Gasteiger partial charge in [-0.15, -0.1) is 0 Å². The Labute approximate surface area is 225 Å². The molecule has 0 radical (unpaired) electrons. The van der Waals surface area contributed by atoms with E-state index in [4.69, 9.17) is 10.5 Å². The van der Waals surface area contributed by atoms with Crippen molar-refractivity contribution in [1.82, 2.24) is 20.2 Å². The van der Waals surface area contributed by atoms with Crippen LogP contribution in [0.1, 0.15) is 29.3 Å². The van der Waals surface area contributed by atoms with Gasteiger partial charge in [0.1, 0.15) is 18.4 Å². The molecule has 39 heavy (non-hydrogen) atoms. The molecule has 1 aromatic heterocycles. The van der Waals surface area contributed by atoms with Crippen LogP contribution in [0.15, 0.2) is 76.4 Å². The second-order valence-electron chi connectivity index (χ2n) is 9.69. The van der Waals surface area contributed by atoms with Crippen molar-refractivity contribution in [3.63, 3.8) is 0 Å². The molecule has 5 atom stereocenters. The average molecular weight is 536 g/mol. The summed E-state index contributed by atoms with van der Waals surface area (Å²) in [6.07, 6.45) is 0.475. The van der Waals surface area contributed by atoms with Gasteiger partial charge in [0.25, 0.3) is 5.56 Å². The molecule has 0 aliphatic carbocycles. The minimum atomic E-state index is -0.946. The van der Waals surface area contributed by atoms with Crippen molar-refractivity contribution in [2.24, 2.45) is 5.73 Å². The number of hydrogen-bond acceptors (Lipinski definition) is 7. The number of aromatic amines is 1. The predicted molar refractivity (Wildman–Crippen MR) is 144 cm³/mol. The molecule has 1 fully saturated rings. The Bertz CT molecular complexity index is 1390. The molecule has 0 unspecified atom stereocenters. The van der Waals surface area contributed by atoms with Crippen molar-refractivity contribution >= 4 is 11.8 Å². The van der Waals surface area contributed by atoms with E-state index in [-0.39, 0.29) is 12.8 Å². The number of rotatable bonds is 10. The van der Waals surface area contributed by atoms with Crippen LogP contribution in [0.5, 0.6) is 0 Å². The number of carbonyl (C=O) groups excluding carboxylic acids is 2. The van der Waals surface area contributed by atoms with Gasteiger partial charge in [0.15, 0.2) is 0 Å².